The van der Waals surface area contributed by atoms with Gasteiger partial charge in [0.25, 0.3) is 17.7 Å². The number of aryl methyl sites for hydroxylation is 1. The minimum absolute atomic E-state index is 0.0248. The monoisotopic (exact) mass is 628 g/mol. The number of benzene rings is 5. The number of alkyl halides is 2. The molecule has 0 saturated heterocycles. The number of allylic oxidation sites excluding steroid dienone is 1. The number of amides is 2. The van der Waals surface area contributed by atoms with E-state index in [0.717, 1.165) is 5.56 Å². The Morgan fingerprint density at radius 2 is 1.45 bits per heavy atom. The van der Waals surface area contributed by atoms with Crippen molar-refractivity contribution in [1.29, 1.82) is 0 Å². The van der Waals surface area contributed by atoms with Crippen LogP contribution in [0, 0.1) is 6.92 Å². The second-order valence-electron chi connectivity index (χ2n) is 11.3. The van der Waals surface area contributed by atoms with E-state index in [1.165, 1.54) is 17.0 Å². The van der Waals surface area contributed by atoms with E-state index in [4.69, 9.17) is 0 Å². The fourth-order valence-corrected chi connectivity index (χ4v) is 5.88. The number of carbonyl (C=O) groups excluding carboxylic acids is 2. The fraction of sp³-hybridized carbons (Fsp3) is 0.103. The van der Waals surface area contributed by atoms with Gasteiger partial charge in [-0.1, -0.05) is 84.4 Å². The third-order valence-electron chi connectivity index (χ3n) is 8.10. The van der Waals surface area contributed by atoms with Crippen LogP contribution in [0.15, 0.2) is 133 Å². The molecule has 0 aliphatic carbocycles. The predicted molar refractivity (Wildman–Crippen MR) is 179 cm³/mol. The Bertz CT molecular complexity index is 2010. The molecule has 0 aromatic heterocycles. The Balaban J connectivity index is 1.52. The molecule has 47 heavy (non-hydrogen) atoms. The van der Waals surface area contributed by atoms with Gasteiger partial charge in [-0.05, 0) is 66.6 Å². The standard InChI is InChI=1S/C39H30F2N2O4/c1-26-11-10-14-28(23-26)33-24-30(43(29-15-6-3-7-16-29)37(46)27-12-4-2-5-13-27)19-20-31(33)38(47)42-22-21-39(40,41)34(25-36(44)45)32-17-8-9-18-35(32)42/h2-20,23-25H,21-22H2,1H3,(H,44,45). The van der Waals surface area contributed by atoms with Gasteiger partial charge >= 0.3 is 5.97 Å². The molecule has 0 atom stereocenters. The van der Waals surface area contributed by atoms with E-state index in [-0.39, 0.29) is 29.3 Å². The summed E-state index contributed by atoms with van der Waals surface area (Å²) in [6.07, 6.45) is -0.251. The maximum Gasteiger partial charge on any atom is 0.328 e. The molecule has 5 aromatic rings. The van der Waals surface area contributed by atoms with Crippen LogP contribution in [0.1, 0.15) is 38.3 Å². The van der Waals surface area contributed by atoms with Crippen molar-refractivity contribution in [2.24, 2.45) is 0 Å². The Morgan fingerprint density at radius 3 is 2.15 bits per heavy atom. The molecule has 5 aromatic carbocycles. The van der Waals surface area contributed by atoms with Gasteiger partial charge in [0.15, 0.2) is 0 Å². The third-order valence-corrected chi connectivity index (χ3v) is 8.10. The van der Waals surface area contributed by atoms with E-state index in [9.17, 15) is 19.5 Å². The normalized spacial score (nSPS) is 14.6. The highest BCUT2D eigenvalue weighted by atomic mass is 19.3. The van der Waals surface area contributed by atoms with Crippen molar-refractivity contribution in [2.75, 3.05) is 16.3 Å². The molecule has 0 fully saturated rings. The smallest absolute Gasteiger partial charge is 0.328 e. The van der Waals surface area contributed by atoms with Crippen LogP contribution in [0.5, 0.6) is 0 Å². The number of carboxylic acids is 1. The van der Waals surface area contributed by atoms with Crippen LogP contribution in [0.25, 0.3) is 16.7 Å². The molecule has 6 rings (SSSR count). The number of hydrogen-bond acceptors (Lipinski definition) is 3. The molecule has 6 nitrogen and oxygen atoms in total. The summed E-state index contributed by atoms with van der Waals surface area (Å²) in [6.45, 7) is 1.57. The van der Waals surface area contributed by atoms with Crippen molar-refractivity contribution in [3.8, 4) is 11.1 Å². The minimum atomic E-state index is -3.49. The number of fused-ring (bicyclic) bond motifs is 1. The number of hydrogen-bond donors (Lipinski definition) is 1. The van der Waals surface area contributed by atoms with Crippen LogP contribution in [0.4, 0.5) is 25.8 Å². The highest BCUT2D eigenvalue weighted by Gasteiger charge is 2.41. The lowest BCUT2D eigenvalue weighted by Crippen LogP contribution is -2.33. The van der Waals surface area contributed by atoms with Crippen molar-refractivity contribution < 1.29 is 28.3 Å². The summed E-state index contributed by atoms with van der Waals surface area (Å²) >= 11 is 0. The highest BCUT2D eigenvalue weighted by molar-refractivity contribution is 6.14. The maximum atomic E-state index is 15.4. The zero-order valence-corrected chi connectivity index (χ0v) is 25.4. The van der Waals surface area contributed by atoms with Crippen LogP contribution in [-0.2, 0) is 4.79 Å². The second-order valence-corrected chi connectivity index (χ2v) is 11.3. The van der Waals surface area contributed by atoms with E-state index in [1.807, 2.05) is 67.6 Å². The molecule has 0 spiro atoms. The van der Waals surface area contributed by atoms with Crippen LogP contribution in [-0.4, -0.2) is 35.4 Å². The number of para-hydroxylation sites is 2. The van der Waals surface area contributed by atoms with E-state index in [0.29, 0.717) is 34.1 Å². The molecule has 0 radical (unpaired) electrons. The van der Waals surface area contributed by atoms with Gasteiger partial charge in [0.05, 0.1) is 5.69 Å². The largest absolute Gasteiger partial charge is 0.478 e. The summed E-state index contributed by atoms with van der Waals surface area (Å²) in [5.41, 5.74) is 3.50. The van der Waals surface area contributed by atoms with Crippen LogP contribution >= 0.6 is 0 Å². The molecule has 2 amide bonds. The van der Waals surface area contributed by atoms with Crippen molar-refractivity contribution >= 4 is 40.4 Å². The Labute approximate surface area is 270 Å². The number of aliphatic carboxylic acids is 1. The first-order chi connectivity index (χ1) is 22.6. The second kappa shape index (κ2) is 12.8. The predicted octanol–water partition coefficient (Wildman–Crippen LogP) is 8.79. The topological polar surface area (TPSA) is 77.9 Å². The summed E-state index contributed by atoms with van der Waals surface area (Å²) < 4.78 is 30.8. The van der Waals surface area contributed by atoms with Crippen molar-refractivity contribution in [3.63, 3.8) is 0 Å². The number of nitrogens with zero attached hydrogens (tertiary/aromatic N) is 2. The fourth-order valence-electron chi connectivity index (χ4n) is 5.88. The first-order valence-electron chi connectivity index (χ1n) is 15.0. The third kappa shape index (κ3) is 6.31. The van der Waals surface area contributed by atoms with Gasteiger partial charge < -0.3 is 10.0 Å². The van der Waals surface area contributed by atoms with Crippen LogP contribution in [0.2, 0.25) is 0 Å². The Morgan fingerprint density at radius 1 is 0.766 bits per heavy atom. The first-order valence-corrected chi connectivity index (χ1v) is 15.0. The lowest BCUT2D eigenvalue weighted by Gasteiger charge is -2.27. The molecule has 1 aliphatic rings. The number of rotatable bonds is 6. The average Bonchev–Trinajstić information content (AvgIpc) is 3.18. The highest BCUT2D eigenvalue weighted by Crippen LogP contribution is 2.44. The molecule has 0 saturated carbocycles. The van der Waals surface area contributed by atoms with Crippen LogP contribution in [0.3, 0.4) is 0 Å². The van der Waals surface area contributed by atoms with Gasteiger partial charge in [-0.2, -0.15) is 0 Å². The summed E-state index contributed by atoms with van der Waals surface area (Å²) in [5, 5.41) is 9.40. The summed E-state index contributed by atoms with van der Waals surface area (Å²) in [4.78, 5) is 42.9. The minimum Gasteiger partial charge on any atom is -0.478 e. The summed E-state index contributed by atoms with van der Waals surface area (Å²) in [6, 6.07) is 36.8. The van der Waals surface area contributed by atoms with Gasteiger partial charge in [0.2, 0.25) is 0 Å². The first kappa shape index (κ1) is 31.1. The van der Waals surface area contributed by atoms with Gasteiger partial charge in [-0.25, -0.2) is 13.6 Å². The number of halogens is 2. The molecule has 1 N–H and O–H groups in total. The van der Waals surface area contributed by atoms with Gasteiger partial charge in [0, 0.05) is 52.7 Å². The molecule has 234 valence electrons. The Kier molecular flexibility index (Phi) is 8.50. The average molecular weight is 629 g/mol. The molecule has 1 heterocycles. The lowest BCUT2D eigenvalue weighted by molar-refractivity contribution is -0.131. The summed E-state index contributed by atoms with van der Waals surface area (Å²) in [7, 11) is 0. The van der Waals surface area contributed by atoms with E-state index in [2.05, 4.69) is 0 Å². The lowest BCUT2D eigenvalue weighted by atomic mass is 9.95. The number of anilines is 3. The Hall–Kier alpha value is -5.89. The number of carboxylic acid groups (broad SMARTS) is 1. The van der Waals surface area contributed by atoms with Crippen molar-refractivity contribution in [2.45, 2.75) is 19.3 Å². The van der Waals surface area contributed by atoms with Crippen molar-refractivity contribution in [3.05, 3.63) is 156 Å². The molecular formula is C39H30F2N2O4. The molecule has 0 unspecified atom stereocenters. The molecule has 0 bridgehead atoms. The molecular weight excluding hydrogens is 598 g/mol. The molecule has 8 heteroatoms. The zero-order chi connectivity index (χ0) is 33.1. The van der Waals surface area contributed by atoms with Crippen LogP contribution < -0.4 is 9.80 Å². The zero-order valence-electron chi connectivity index (χ0n) is 25.4. The number of carbonyl (C=O) groups is 3. The van der Waals surface area contributed by atoms with E-state index < -0.39 is 29.8 Å². The van der Waals surface area contributed by atoms with Gasteiger partial charge in [-0.15, -0.1) is 0 Å². The van der Waals surface area contributed by atoms with Gasteiger partial charge in [0.1, 0.15) is 0 Å². The van der Waals surface area contributed by atoms with Gasteiger partial charge in [-0.3, -0.25) is 14.5 Å². The van der Waals surface area contributed by atoms with E-state index >= 15 is 8.78 Å². The van der Waals surface area contributed by atoms with E-state index in [1.54, 1.807) is 59.5 Å². The summed E-state index contributed by atoms with van der Waals surface area (Å²) in [5.74, 6) is -5.79. The SMILES string of the molecule is Cc1cccc(-c2cc(N(C(=O)c3ccccc3)c3ccccc3)ccc2C(=O)N2CCC(F)(F)C(=CC(=O)O)c3ccccc32)c1. The quantitative estimate of drug-likeness (QED) is 0.191. The molecule has 1 aliphatic heterocycles. The maximum absolute atomic E-state index is 15.4. The van der Waals surface area contributed by atoms with Crippen molar-refractivity contribution in [1.82, 2.24) is 0 Å².